The molecule has 98 valence electrons. The number of anilines is 2. The van der Waals surface area contributed by atoms with E-state index in [9.17, 15) is 13.2 Å². The van der Waals surface area contributed by atoms with Crippen LogP contribution in [0, 0.1) is 17.5 Å². The summed E-state index contributed by atoms with van der Waals surface area (Å²) in [7, 11) is 0. The SMILES string of the molecule is NC(=S)c1cccc(Nc2ccc(F)c(F)c2F)n1. The lowest BCUT2D eigenvalue weighted by atomic mass is 10.2. The van der Waals surface area contributed by atoms with Crippen LogP contribution in [0.15, 0.2) is 30.3 Å². The van der Waals surface area contributed by atoms with Crippen LogP contribution < -0.4 is 11.1 Å². The average Bonchev–Trinajstić information content (AvgIpc) is 2.40. The van der Waals surface area contributed by atoms with Gasteiger partial charge in [-0.2, -0.15) is 0 Å². The van der Waals surface area contributed by atoms with Crippen LogP contribution >= 0.6 is 12.2 Å². The summed E-state index contributed by atoms with van der Waals surface area (Å²) in [4.78, 5) is 4.08. The number of hydrogen-bond acceptors (Lipinski definition) is 3. The zero-order chi connectivity index (χ0) is 14.0. The first-order chi connectivity index (χ1) is 8.99. The normalized spacial score (nSPS) is 10.3. The second-order valence-electron chi connectivity index (χ2n) is 3.62. The summed E-state index contributed by atoms with van der Waals surface area (Å²) in [5, 5.41) is 2.53. The van der Waals surface area contributed by atoms with Crippen molar-refractivity contribution in [3.8, 4) is 0 Å². The summed E-state index contributed by atoms with van der Waals surface area (Å²) < 4.78 is 39.3. The third-order valence-corrected chi connectivity index (χ3v) is 2.51. The minimum absolute atomic E-state index is 0.0782. The van der Waals surface area contributed by atoms with Gasteiger partial charge in [0, 0.05) is 0 Å². The number of aromatic nitrogens is 1. The fourth-order valence-corrected chi connectivity index (χ4v) is 1.52. The fourth-order valence-electron chi connectivity index (χ4n) is 1.40. The predicted molar refractivity (Wildman–Crippen MR) is 69.7 cm³/mol. The van der Waals surface area contributed by atoms with Crippen molar-refractivity contribution in [3.63, 3.8) is 0 Å². The van der Waals surface area contributed by atoms with Gasteiger partial charge in [0.2, 0.25) is 0 Å². The molecule has 7 heteroatoms. The number of nitrogens with zero attached hydrogens (tertiary/aromatic N) is 1. The van der Waals surface area contributed by atoms with E-state index < -0.39 is 17.5 Å². The Morgan fingerprint density at radius 2 is 1.84 bits per heavy atom. The average molecular weight is 283 g/mol. The van der Waals surface area contributed by atoms with Gasteiger partial charge in [-0.25, -0.2) is 18.2 Å². The van der Waals surface area contributed by atoms with Gasteiger partial charge in [-0.3, -0.25) is 0 Å². The highest BCUT2D eigenvalue weighted by Crippen LogP contribution is 2.22. The Morgan fingerprint density at radius 1 is 1.11 bits per heavy atom. The summed E-state index contributed by atoms with van der Waals surface area (Å²) >= 11 is 4.75. The zero-order valence-electron chi connectivity index (χ0n) is 9.45. The van der Waals surface area contributed by atoms with E-state index in [2.05, 4.69) is 10.3 Å². The van der Waals surface area contributed by atoms with Crippen molar-refractivity contribution in [2.75, 3.05) is 5.32 Å². The van der Waals surface area contributed by atoms with Crippen molar-refractivity contribution in [2.45, 2.75) is 0 Å². The first-order valence-corrected chi connectivity index (χ1v) is 5.57. The highest BCUT2D eigenvalue weighted by atomic mass is 32.1. The molecule has 0 amide bonds. The Bertz CT molecular complexity index is 646. The van der Waals surface area contributed by atoms with Crippen LogP contribution in [0.4, 0.5) is 24.7 Å². The van der Waals surface area contributed by atoms with E-state index in [4.69, 9.17) is 18.0 Å². The summed E-state index contributed by atoms with van der Waals surface area (Å²) in [5.41, 5.74) is 5.51. The topological polar surface area (TPSA) is 50.9 Å². The van der Waals surface area contributed by atoms with Crippen molar-refractivity contribution in [2.24, 2.45) is 5.73 Å². The highest BCUT2D eigenvalue weighted by molar-refractivity contribution is 7.80. The van der Waals surface area contributed by atoms with E-state index in [1.54, 1.807) is 12.1 Å². The van der Waals surface area contributed by atoms with Gasteiger partial charge in [-0.15, -0.1) is 0 Å². The quantitative estimate of drug-likeness (QED) is 0.672. The minimum Gasteiger partial charge on any atom is -0.388 e. The smallest absolute Gasteiger partial charge is 0.196 e. The molecule has 0 atom stereocenters. The van der Waals surface area contributed by atoms with Crippen molar-refractivity contribution < 1.29 is 13.2 Å². The molecule has 0 spiro atoms. The highest BCUT2D eigenvalue weighted by Gasteiger charge is 2.13. The van der Waals surface area contributed by atoms with Crippen LogP contribution in [0.2, 0.25) is 0 Å². The maximum Gasteiger partial charge on any atom is 0.196 e. The van der Waals surface area contributed by atoms with Gasteiger partial charge in [-0.1, -0.05) is 18.3 Å². The molecule has 3 nitrogen and oxygen atoms in total. The number of rotatable bonds is 3. The van der Waals surface area contributed by atoms with E-state index in [1.165, 1.54) is 6.07 Å². The van der Waals surface area contributed by atoms with Crippen molar-refractivity contribution in [1.82, 2.24) is 4.98 Å². The number of halogens is 3. The number of nitrogens with one attached hydrogen (secondary N) is 1. The Morgan fingerprint density at radius 3 is 2.53 bits per heavy atom. The molecule has 0 saturated carbocycles. The maximum atomic E-state index is 13.5. The van der Waals surface area contributed by atoms with E-state index in [1.807, 2.05) is 0 Å². The number of nitrogens with two attached hydrogens (primary N) is 1. The molecule has 2 aromatic rings. The molecule has 0 aliphatic heterocycles. The molecular formula is C12H8F3N3S. The van der Waals surface area contributed by atoms with E-state index >= 15 is 0 Å². The molecule has 0 unspecified atom stereocenters. The molecule has 0 radical (unpaired) electrons. The standard InChI is InChI=1S/C12H8F3N3S/c13-6-4-5-7(11(15)10(6)14)17-9-3-1-2-8(18-9)12(16)19/h1-5H,(H2,16,19)(H,17,18). The third kappa shape index (κ3) is 2.82. The molecule has 1 heterocycles. The Labute approximate surface area is 112 Å². The Kier molecular flexibility index (Phi) is 3.66. The van der Waals surface area contributed by atoms with E-state index in [-0.39, 0.29) is 16.5 Å². The lowest BCUT2D eigenvalue weighted by Gasteiger charge is -2.08. The van der Waals surface area contributed by atoms with Gasteiger partial charge < -0.3 is 11.1 Å². The molecule has 3 N–H and O–H groups in total. The first-order valence-electron chi connectivity index (χ1n) is 5.16. The van der Waals surface area contributed by atoms with Crippen LogP contribution in [-0.2, 0) is 0 Å². The lowest BCUT2D eigenvalue weighted by molar-refractivity contribution is 0.449. The first kappa shape index (κ1) is 13.3. The molecule has 0 saturated heterocycles. The van der Waals surface area contributed by atoms with Gasteiger partial charge in [0.05, 0.1) is 11.4 Å². The number of thiocarbonyl (C=S) groups is 1. The monoisotopic (exact) mass is 283 g/mol. The van der Waals surface area contributed by atoms with Gasteiger partial charge in [0.15, 0.2) is 17.5 Å². The molecule has 0 bridgehead atoms. The summed E-state index contributed by atoms with van der Waals surface area (Å²) in [5.74, 6) is -3.90. The van der Waals surface area contributed by atoms with Crippen LogP contribution in [0.5, 0.6) is 0 Å². The largest absolute Gasteiger partial charge is 0.388 e. The van der Waals surface area contributed by atoms with Crippen molar-refractivity contribution >= 4 is 28.7 Å². The molecular weight excluding hydrogens is 275 g/mol. The molecule has 1 aromatic carbocycles. The second-order valence-corrected chi connectivity index (χ2v) is 4.06. The van der Waals surface area contributed by atoms with Crippen LogP contribution in [-0.4, -0.2) is 9.97 Å². The fraction of sp³-hybridized carbons (Fsp3) is 0. The van der Waals surface area contributed by atoms with Gasteiger partial charge in [0.25, 0.3) is 0 Å². The predicted octanol–water partition coefficient (Wildman–Crippen LogP) is 2.88. The number of benzene rings is 1. The number of pyridine rings is 1. The summed E-state index contributed by atoms with van der Waals surface area (Å²) in [6.07, 6.45) is 0. The molecule has 0 aliphatic rings. The molecule has 0 fully saturated rings. The lowest BCUT2D eigenvalue weighted by Crippen LogP contribution is -2.12. The van der Waals surface area contributed by atoms with E-state index in [0.29, 0.717) is 5.69 Å². The molecule has 0 aliphatic carbocycles. The maximum absolute atomic E-state index is 13.5. The molecule has 2 rings (SSSR count). The van der Waals surface area contributed by atoms with Crippen LogP contribution in [0.3, 0.4) is 0 Å². The van der Waals surface area contributed by atoms with Gasteiger partial charge >= 0.3 is 0 Å². The Hall–Kier alpha value is -2.15. The zero-order valence-corrected chi connectivity index (χ0v) is 10.3. The van der Waals surface area contributed by atoms with Crippen LogP contribution in [0.1, 0.15) is 5.69 Å². The second kappa shape index (κ2) is 5.23. The van der Waals surface area contributed by atoms with Crippen molar-refractivity contribution in [1.29, 1.82) is 0 Å². The minimum atomic E-state index is -1.55. The molecule has 19 heavy (non-hydrogen) atoms. The summed E-state index contributed by atoms with van der Waals surface area (Å²) in [6.45, 7) is 0. The van der Waals surface area contributed by atoms with Gasteiger partial charge in [-0.05, 0) is 24.3 Å². The number of hydrogen-bond donors (Lipinski definition) is 2. The van der Waals surface area contributed by atoms with Gasteiger partial charge in [0.1, 0.15) is 10.8 Å². The molecule has 1 aromatic heterocycles. The summed E-state index contributed by atoms with van der Waals surface area (Å²) in [6, 6.07) is 6.58. The Balaban J connectivity index is 2.34. The van der Waals surface area contributed by atoms with Crippen LogP contribution in [0.25, 0.3) is 0 Å². The van der Waals surface area contributed by atoms with Crippen molar-refractivity contribution in [3.05, 3.63) is 53.5 Å². The third-order valence-electron chi connectivity index (χ3n) is 2.30. The van der Waals surface area contributed by atoms with E-state index in [0.717, 1.165) is 12.1 Å².